The molecular formula is C39H48BrN3O7. The Morgan fingerprint density at radius 2 is 1.78 bits per heavy atom. The predicted molar refractivity (Wildman–Crippen MR) is 193 cm³/mol. The Balaban J connectivity index is 1.52. The molecule has 0 radical (unpaired) electrons. The fraction of sp³-hybridized carbons (Fsp3) is 0.487. The van der Waals surface area contributed by atoms with Crippen LogP contribution in [0.4, 0.5) is 0 Å². The molecule has 2 bridgehead atoms. The Morgan fingerprint density at radius 1 is 1.10 bits per heavy atom. The second kappa shape index (κ2) is 16.9. The van der Waals surface area contributed by atoms with Gasteiger partial charge in [-0.2, -0.15) is 0 Å². The predicted octanol–water partition coefficient (Wildman–Crippen LogP) is 5.04. The number of benzene rings is 2. The van der Waals surface area contributed by atoms with E-state index >= 15 is 0 Å². The van der Waals surface area contributed by atoms with Gasteiger partial charge in [0.25, 0.3) is 0 Å². The maximum absolute atomic E-state index is 14.9. The van der Waals surface area contributed by atoms with Crippen molar-refractivity contribution in [2.75, 3.05) is 26.3 Å². The smallest absolute Gasteiger partial charge is 0.306 e. The molecule has 11 heteroatoms. The number of amides is 3. The number of alkyl halides is 1. The highest BCUT2D eigenvalue weighted by molar-refractivity contribution is 9.09. The first-order valence-electron chi connectivity index (χ1n) is 17.5. The molecule has 1 spiro atoms. The summed E-state index contributed by atoms with van der Waals surface area (Å²) in [7, 11) is 0. The number of carbonyl (C=O) groups is 4. The molecule has 3 heterocycles. The highest BCUT2D eigenvalue weighted by Crippen LogP contribution is 2.61. The van der Waals surface area contributed by atoms with Gasteiger partial charge in [0, 0.05) is 24.3 Å². The molecule has 0 aliphatic carbocycles. The lowest BCUT2D eigenvalue weighted by atomic mass is 9.70. The van der Waals surface area contributed by atoms with Crippen LogP contribution in [-0.4, -0.2) is 87.5 Å². The lowest BCUT2D eigenvalue weighted by Crippen LogP contribution is -2.57. The van der Waals surface area contributed by atoms with Gasteiger partial charge in [0.15, 0.2) is 0 Å². The number of esters is 1. The number of hydrogen-bond acceptors (Lipinski definition) is 7. The lowest BCUT2D eigenvalue weighted by Gasteiger charge is -2.39. The Hall–Kier alpha value is -3.80. The summed E-state index contributed by atoms with van der Waals surface area (Å²) in [5.74, 6) is -3.49. The molecular weight excluding hydrogens is 702 g/mol. The van der Waals surface area contributed by atoms with Crippen molar-refractivity contribution >= 4 is 39.6 Å². The van der Waals surface area contributed by atoms with Gasteiger partial charge < -0.3 is 29.7 Å². The summed E-state index contributed by atoms with van der Waals surface area (Å²) in [4.78, 5) is 59.4. The van der Waals surface area contributed by atoms with Gasteiger partial charge in [-0.05, 0) is 30.4 Å². The van der Waals surface area contributed by atoms with Crippen LogP contribution >= 0.6 is 15.9 Å². The van der Waals surface area contributed by atoms with Gasteiger partial charge in [0.1, 0.15) is 18.2 Å². The molecule has 2 N–H and O–H groups in total. The second-order valence-corrected chi connectivity index (χ2v) is 14.5. The van der Waals surface area contributed by atoms with Gasteiger partial charge >= 0.3 is 5.97 Å². The van der Waals surface area contributed by atoms with Crippen LogP contribution in [0.5, 0.6) is 0 Å². The number of rotatable bonds is 18. The summed E-state index contributed by atoms with van der Waals surface area (Å²) in [5, 5.41) is 13.9. The van der Waals surface area contributed by atoms with Gasteiger partial charge in [-0.25, -0.2) is 0 Å². The number of allylic oxidation sites excluding steroid dienone is 1. The number of carbonyl (C=O) groups excluding carboxylic acids is 4. The molecule has 3 aliphatic heterocycles. The topological polar surface area (TPSA) is 125 Å². The zero-order valence-electron chi connectivity index (χ0n) is 28.6. The first-order chi connectivity index (χ1) is 24.2. The zero-order chi connectivity index (χ0) is 35.8. The third-order valence-corrected chi connectivity index (χ3v) is 11.0. The maximum atomic E-state index is 14.9. The summed E-state index contributed by atoms with van der Waals surface area (Å²) >= 11 is 3.75. The van der Waals surface area contributed by atoms with Gasteiger partial charge in [-0.3, -0.25) is 19.2 Å². The van der Waals surface area contributed by atoms with Crippen molar-refractivity contribution in [2.45, 2.75) is 80.1 Å². The molecule has 3 saturated heterocycles. The number of aliphatic hydroxyl groups excluding tert-OH is 1. The zero-order valence-corrected chi connectivity index (χ0v) is 30.2. The fourth-order valence-electron chi connectivity index (χ4n) is 7.83. The van der Waals surface area contributed by atoms with E-state index < -0.39 is 66.1 Å². The fourth-order valence-corrected chi connectivity index (χ4v) is 8.77. The van der Waals surface area contributed by atoms with Crippen LogP contribution in [0.1, 0.15) is 68.7 Å². The van der Waals surface area contributed by atoms with Crippen molar-refractivity contribution in [3.8, 4) is 0 Å². The first-order valence-corrected chi connectivity index (χ1v) is 18.4. The quantitative estimate of drug-likeness (QED) is 0.0948. The Labute approximate surface area is 303 Å². The maximum Gasteiger partial charge on any atom is 0.306 e. The van der Waals surface area contributed by atoms with Crippen molar-refractivity contribution in [2.24, 2.45) is 11.8 Å². The van der Waals surface area contributed by atoms with E-state index in [-0.39, 0.29) is 30.3 Å². The minimum atomic E-state index is -1.32. The third-order valence-electron chi connectivity index (χ3n) is 10.1. The molecule has 0 aromatic heterocycles. The number of nitrogens with one attached hydrogen (secondary N) is 1. The lowest BCUT2D eigenvalue weighted by molar-refractivity contribution is -0.151. The van der Waals surface area contributed by atoms with E-state index in [1.807, 2.05) is 60.7 Å². The minimum Gasteiger partial charge on any atom is -0.463 e. The largest absolute Gasteiger partial charge is 0.463 e. The molecule has 10 nitrogen and oxygen atoms in total. The number of halogens is 1. The summed E-state index contributed by atoms with van der Waals surface area (Å²) < 4.78 is 12.3. The number of nitrogens with zero attached hydrogens (tertiary/aromatic N) is 2. The Morgan fingerprint density at radius 3 is 2.40 bits per heavy atom. The number of likely N-dealkylation sites (tertiary alicyclic amines) is 1. The number of fused-ring (bicyclic) bond motifs is 1. The number of unbranched alkanes of at least 4 members (excludes halogenated alkanes) is 2. The third kappa shape index (κ3) is 7.45. The van der Waals surface area contributed by atoms with Crippen LogP contribution in [0, 0.1) is 11.8 Å². The molecule has 8 atom stereocenters. The van der Waals surface area contributed by atoms with Crippen molar-refractivity contribution in [3.63, 3.8) is 0 Å². The molecule has 268 valence electrons. The van der Waals surface area contributed by atoms with Crippen LogP contribution < -0.4 is 5.32 Å². The standard InChI is InChI=1S/C39H48BrN3O7/c1-4-7-15-22-42(21-6-3)38(48)35-39-23-28(40)34(50-39)32(33(39)37(47)43(35)30(24-44)27-18-13-10-14-19-27)36(46)41-29(26-16-11-9-12-17-26)25-49-31(45)20-8-5-2/h5-6,9-14,16-19,28-30,32-35,44H,2-4,7-8,15,20-25H2,1H3,(H,41,46)/t28?,29-,30+,32-,33+,34-,35-,39+/m0/s1. The van der Waals surface area contributed by atoms with E-state index in [1.165, 1.54) is 4.90 Å². The molecule has 3 aliphatic rings. The van der Waals surface area contributed by atoms with Crippen molar-refractivity contribution < 1.29 is 33.8 Å². The van der Waals surface area contributed by atoms with Crippen molar-refractivity contribution in [1.82, 2.24) is 15.1 Å². The van der Waals surface area contributed by atoms with Crippen molar-refractivity contribution in [1.29, 1.82) is 0 Å². The minimum absolute atomic E-state index is 0.104. The van der Waals surface area contributed by atoms with E-state index in [0.717, 1.165) is 24.8 Å². The molecule has 1 unspecified atom stereocenters. The SMILES string of the molecule is C=CCCC(=O)OC[C@H](NC(=O)[C@@H]1[C@H]2O[C@@]3(CC2Br)[C@H](C(=O)N(CC=C)CCCCC)N([C@H](CO)c2ccccc2)C(=O)[C@@H]13)c1ccccc1. The van der Waals surface area contributed by atoms with Gasteiger partial charge in [-0.1, -0.05) is 109 Å². The average Bonchev–Trinajstić information content (AvgIpc) is 3.73. The number of hydrogen-bond donors (Lipinski definition) is 2. The van der Waals surface area contributed by atoms with Crippen LogP contribution in [0.15, 0.2) is 86.0 Å². The molecule has 3 fully saturated rings. The van der Waals surface area contributed by atoms with Gasteiger partial charge in [0.05, 0.1) is 36.6 Å². The average molecular weight is 751 g/mol. The molecule has 0 saturated carbocycles. The van der Waals surface area contributed by atoms with Crippen LogP contribution in [0.2, 0.25) is 0 Å². The van der Waals surface area contributed by atoms with Crippen LogP contribution in [0.3, 0.4) is 0 Å². The summed E-state index contributed by atoms with van der Waals surface area (Å²) in [5.41, 5.74) is 0.0866. The van der Waals surface area contributed by atoms with Crippen molar-refractivity contribution in [3.05, 3.63) is 97.1 Å². The molecule has 5 rings (SSSR count). The van der Waals surface area contributed by atoms with E-state index in [0.29, 0.717) is 24.9 Å². The van der Waals surface area contributed by atoms with E-state index in [9.17, 15) is 24.3 Å². The van der Waals surface area contributed by atoms with Gasteiger partial charge in [0.2, 0.25) is 17.7 Å². The monoisotopic (exact) mass is 749 g/mol. The highest BCUT2D eigenvalue weighted by atomic mass is 79.9. The normalized spacial score (nSPS) is 26.2. The summed E-state index contributed by atoms with van der Waals surface area (Å²) in [6.45, 7) is 9.85. The molecule has 2 aromatic rings. The summed E-state index contributed by atoms with van der Waals surface area (Å²) in [6, 6.07) is 15.7. The molecule has 2 aromatic carbocycles. The molecule has 3 amide bonds. The van der Waals surface area contributed by atoms with E-state index in [1.54, 1.807) is 17.1 Å². The van der Waals surface area contributed by atoms with Crippen LogP contribution in [-0.2, 0) is 28.7 Å². The number of aliphatic hydroxyl groups is 1. The molecule has 50 heavy (non-hydrogen) atoms. The van der Waals surface area contributed by atoms with Gasteiger partial charge in [-0.15, -0.1) is 13.2 Å². The van der Waals surface area contributed by atoms with Crippen LogP contribution in [0.25, 0.3) is 0 Å². The van der Waals surface area contributed by atoms with E-state index in [4.69, 9.17) is 9.47 Å². The Bertz CT molecular complexity index is 1520. The second-order valence-electron chi connectivity index (χ2n) is 13.3. The Kier molecular flexibility index (Phi) is 12.7. The van der Waals surface area contributed by atoms with E-state index in [2.05, 4.69) is 41.3 Å². The highest BCUT2D eigenvalue weighted by Gasteiger charge is 2.77. The summed E-state index contributed by atoms with van der Waals surface area (Å²) in [6.07, 6.45) is 6.28. The number of ether oxygens (including phenoxy) is 2. The first kappa shape index (κ1) is 37.5.